The Kier molecular flexibility index (Phi) is 3.05. The molecule has 1 fully saturated rings. The summed E-state index contributed by atoms with van der Waals surface area (Å²) < 4.78 is 9.97. The van der Waals surface area contributed by atoms with Crippen LogP contribution in [0.15, 0.2) is 0 Å². The van der Waals surface area contributed by atoms with Gasteiger partial charge in [0.25, 0.3) is 0 Å². The minimum atomic E-state index is -0.797. The Balaban J connectivity index is 2.50. The standard InChI is InChI=1S/C8H15NO3/c1-2-12-7(10)8(9)3-5-11-6-4-8/h2-6,9H2,1H3. The second kappa shape index (κ2) is 3.87. The van der Waals surface area contributed by atoms with E-state index in [1.54, 1.807) is 6.92 Å². The van der Waals surface area contributed by atoms with Crippen molar-refractivity contribution in [2.45, 2.75) is 25.3 Å². The molecule has 0 bridgehead atoms. The van der Waals surface area contributed by atoms with Gasteiger partial charge in [-0.15, -0.1) is 0 Å². The van der Waals surface area contributed by atoms with Gasteiger partial charge in [-0.05, 0) is 19.8 Å². The van der Waals surface area contributed by atoms with Gasteiger partial charge in [-0.25, -0.2) is 0 Å². The maximum atomic E-state index is 11.3. The molecule has 1 rings (SSSR count). The molecule has 4 nitrogen and oxygen atoms in total. The summed E-state index contributed by atoms with van der Waals surface area (Å²) >= 11 is 0. The lowest BCUT2D eigenvalue weighted by Crippen LogP contribution is -2.52. The minimum absolute atomic E-state index is 0.298. The quantitative estimate of drug-likeness (QED) is 0.600. The molecule has 0 saturated carbocycles. The van der Waals surface area contributed by atoms with E-state index < -0.39 is 5.54 Å². The number of ether oxygens (including phenoxy) is 2. The van der Waals surface area contributed by atoms with Crippen LogP contribution < -0.4 is 5.73 Å². The van der Waals surface area contributed by atoms with Crippen LogP contribution in [-0.4, -0.2) is 31.3 Å². The molecule has 4 heteroatoms. The van der Waals surface area contributed by atoms with Crippen LogP contribution >= 0.6 is 0 Å². The van der Waals surface area contributed by atoms with Gasteiger partial charge in [0, 0.05) is 13.2 Å². The lowest BCUT2D eigenvalue weighted by atomic mass is 9.92. The third-order valence-corrected chi connectivity index (χ3v) is 2.07. The number of carbonyl (C=O) groups is 1. The van der Waals surface area contributed by atoms with E-state index in [9.17, 15) is 4.79 Å². The molecule has 0 spiro atoms. The van der Waals surface area contributed by atoms with Crippen molar-refractivity contribution in [1.29, 1.82) is 0 Å². The van der Waals surface area contributed by atoms with E-state index in [0.29, 0.717) is 32.7 Å². The van der Waals surface area contributed by atoms with Crippen LogP contribution in [0.1, 0.15) is 19.8 Å². The maximum absolute atomic E-state index is 11.3. The molecule has 0 amide bonds. The summed E-state index contributed by atoms with van der Waals surface area (Å²) in [6.45, 7) is 3.27. The van der Waals surface area contributed by atoms with Crippen molar-refractivity contribution in [3.63, 3.8) is 0 Å². The van der Waals surface area contributed by atoms with Gasteiger partial charge in [-0.1, -0.05) is 0 Å². The van der Waals surface area contributed by atoms with Crippen LogP contribution in [0.25, 0.3) is 0 Å². The monoisotopic (exact) mass is 173 g/mol. The van der Waals surface area contributed by atoms with Crippen LogP contribution in [0.3, 0.4) is 0 Å². The summed E-state index contributed by atoms with van der Waals surface area (Å²) in [5.41, 5.74) is 5.04. The lowest BCUT2D eigenvalue weighted by molar-refractivity contribution is -0.153. The van der Waals surface area contributed by atoms with Gasteiger partial charge in [0.1, 0.15) is 5.54 Å². The highest BCUT2D eigenvalue weighted by molar-refractivity contribution is 5.80. The number of nitrogens with two attached hydrogens (primary N) is 1. The topological polar surface area (TPSA) is 61.5 Å². The minimum Gasteiger partial charge on any atom is -0.465 e. The van der Waals surface area contributed by atoms with E-state index in [0.717, 1.165) is 0 Å². The third kappa shape index (κ3) is 1.95. The Bertz CT molecular complexity index is 164. The zero-order chi connectivity index (χ0) is 9.03. The molecule has 0 unspecified atom stereocenters. The average Bonchev–Trinajstić information content (AvgIpc) is 2.06. The van der Waals surface area contributed by atoms with Gasteiger partial charge in [0.15, 0.2) is 0 Å². The fourth-order valence-electron chi connectivity index (χ4n) is 1.21. The van der Waals surface area contributed by atoms with E-state index in [-0.39, 0.29) is 5.97 Å². The van der Waals surface area contributed by atoms with Gasteiger partial charge < -0.3 is 15.2 Å². The number of carbonyl (C=O) groups excluding carboxylic acids is 1. The highest BCUT2D eigenvalue weighted by Crippen LogP contribution is 2.18. The molecule has 1 aliphatic heterocycles. The third-order valence-electron chi connectivity index (χ3n) is 2.07. The first kappa shape index (κ1) is 9.48. The average molecular weight is 173 g/mol. The molecule has 0 aromatic heterocycles. The van der Waals surface area contributed by atoms with Gasteiger partial charge in [-0.3, -0.25) is 4.79 Å². The highest BCUT2D eigenvalue weighted by atomic mass is 16.5. The first-order chi connectivity index (χ1) is 5.69. The van der Waals surface area contributed by atoms with E-state index in [1.165, 1.54) is 0 Å². The van der Waals surface area contributed by atoms with E-state index >= 15 is 0 Å². The van der Waals surface area contributed by atoms with Crippen molar-refractivity contribution < 1.29 is 14.3 Å². The molecule has 0 atom stereocenters. The zero-order valence-electron chi connectivity index (χ0n) is 7.34. The molecule has 12 heavy (non-hydrogen) atoms. The van der Waals surface area contributed by atoms with Crippen molar-refractivity contribution in [1.82, 2.24) is 0 Å². The predicted octanol–water partition coefficient (Wildman–Crippen LogP) is 0.0574. The molecule has 0 aromatic carbocycles. The highest BCUT2D eigenvalue weighted by Gasteiger charge is 2.37. The van der Waals surface area contributed by atoms with Crippen molar-refractivity contribution in [2.24, 2.45) is 5.73 Å². The summed E-state index contributed by atoms with van der Waals surface area (Å²) in [5.74, 6) is -0.298. The second-order valence-electron chi connectivity index (χ2n) is 2.99. The second-order valence-corrected chi connectivity index (χ2v) is 2.99. The molecule has 1 saturated heterocycles. The van der Waals surface area contributed by atoms with Crippen LogP contribution in [0.5, 0.6) is 0 Å². The molecule has 70 valence electrons. The Morgan fingerprint density at radius 1 is 1.58 bits per heavy atom. The van der Waals surface area contributed by atoms with E-state index in [1.807, 2.05) is 0 Å². The van der Waals surface area contributed by atoms with Crippen LogP contribution in [-0.2, 0) is 14.3 Å². The molecule has 2 N–H and O–H groups in total. The number of rotatable bonds is 2. The Morgan fingerprint density at radius 3 is 2.67 bits per heavy atom. The molecule has 0 aromatic rings. The lowest BCUT2D eigenvalue weighted by Gasteiger charge is -2.30. The van der Waals surface area contributed by atoms with Crippen molar-refractivity contribution in [3.8, 4) is 0 Å². The SMILES string of the molecule is CCOC(=O)C1(N)CCOCC1. The number of hydrogen-bond donors (Lipinski definition) is 1. The van der Waals surface area contributed by atoms with Crippen LogP contribution in [0.4, 0.5) is 0 Å². The molecular formula is C8H15NO3. The smallest absolute Gasteiger partial charge is 0.326 e. The fourth-order valence-corrected chi connectivity index (χ4v) is 1.21. The molecular weight excluding hydrogens is 158 g/mol. The Hall–Kier alpha value is -0.610. The van der Waals surface area contributed by atoms with Gasteiger partial charge in [0.2, 0.25) is 0 Å². The molecule has 1 aliphatic rings. The van der Waals surface area contributed by atoms with Gasteiger partial charge in [-0.2, -0.15) is 0 Å². The summed E-state index contributed by atoms with van der Waals surface area (Å²) in [7, 11) is 0. The first-order valence-electron chi connectivity index (χ1n) is 4.23. The number of hydrogen-bond acceptors (Lipinski definition) is 4. The zero-order valence-corrected chi connectivity index (χ0v) is 7.34. The fraction of sp³-hybridized carbons (Fsp3) is 0.875. The molecule has 0 radical (unpaired) electrons. The summed E-state index contributed by atoms with van der Waals surface area (Å²) in [5, 5.41) is 0. The van der Waals surface area contributed by atoms with Gasteiger partial charge >= 0.3 is 5.97 Å². The van der Waals surface area contributed by atoms with Crippen LogP contribution in [0, 0.1) is 0 Å². The van der Waals surface area contributed by atoms with Crippen LogP contribution in [0.2, 0.25) is 0 Å². The van der Waals surface area contributed by atoms with Gasteiger partial charge in [0.05, 0.1) is 6.61 Å². The van der Waals surface area contributed by atoms with E-state index in [4.69, 9.17) is 15.2 Å². The first-order valence-corrected chi connectivity index (χ1v) is 4.23. The molecule has 1 heterocycles. The van der Waals surface area contributed by atoms with Crippen molar-refractivity contribution in [3.05, 3.63) is 0 Å². The Labute approximate surface area is 72.0 Å². The normalized spacial score (nSPS) is 21.8. The predicted molar refractivity (Wildman–Crippen MR) is 43.6 cm³/mol. The van der Waals surface area contributed by atoms with Crippen molar-refractivity contribution >= 4 is 5.97 Å². The summed E-state index contributed by atoms with van der Waals surface area (Å²) in [4.78, 5) is 11.3. The Morgan fingerprint density at radius 2 is 2.17 bits per heavy atom. The summed E-state index contributed by atoms with van der Waals surface area (Å²) in [6, 6.07) is 0. The van der Waals surface area contributed by atoms with Crippen molar-refractivity contribution in [2.75, 3.05) is 19.8 Å². The molecule has 0 aliphatic carbocycles. The maximum Gasteiger partial charge on any atom is 0.326 e. The van der Waals surface area contributed by atoms with E-state index in [2.05, 4.69) is 0 Å². The largest absolute Gasteiger partial charge is 0.465 e. The summed E-state index contributed by atoms with van der Waals surface area (Å²) in [6.07, 6.45) is 1.12. The number of esters is 1.